The molecule has 1 aliphatic rings. The molecule has 0 saturated carbocycles. The summed E-state index contributed by atoms with van der Waals surface area (Å²) in [6.07, 6.45) is 2.60. The van der Waals surface area contributed by atoms with Gasteiger partial charge in [-0.2, -0.15) is 0 Å². The molecule has 1 atom stereocenters. The standard InChI is InChI=1S/C23H22Cl3N3OS/c24-18-10-11-23(20(26)14-18)31(27,30)28-12-3-13-29-21-5-2-1-4-16(21)6-7-17-8-9-19(25)15-22(17)29/h1-2,4-5,8-11,14-15H,3,6-7,12-13H2,(H2,27,28,30). The highest BCUT2D eigenvalue weighted by molar-refractivity contribution is 7.90. The van der Waals surface area contributed by atoms with E-state index in [1.807, 2.05) is 18.2 Å². The molecule has 162 valence electrons. The zero-order valence-electron chi connectivity index (χ0n) is 16.7. The highest BCUT2D eigenvalue weighted by atomic mass is 35.5. The van der Waals surface area contributed by atoms with E-state index in [0.29, 0.717) is 29.6 Å². The SMILES string of the molecule is N=S(=O)(NCCCN1c2ccccc2CCc2ccc(Cl)cc21)c1ccc(Cl)cc1Cl. The average Bonchev–Trinajstić information content (AvgIpc) is 2.87. The second-order valence-corrected chi connectivity index (χ2v) is 10.6. The number of benzene rings is 3. The van der Waals surface area contributed by atoms with Crippen molar-refractivity contribution < 1.29 is 4.21 Å². The zero-order chi connectivity index (χ0) is 22.0. The lowest BCUT2D eigenvalue weighted by molar-refractivity contribution is 0.657. The molecule has 0 fully saturated rings. The smallest absolute Gasteiger partial charge is 0.136 e. The molecule has 8 heteroatoms. The van der Waals surface area contributed by atoms with Gasteiger partial charge in [-0.05, 0) is 66.8 Å². The van der Waals surface area contributed by atoms with Crippen LogP contribution in [0.3, 0.4) is 0 Å². The van der Waals surface area contributed by atoms with Crippen molar-refractivity contribution in [3.63, 3.8) is 0 Å². The quantitative estimate of drug-likeness (QED) is 0.367. The van der Waals surface area contributed by atoms with Gasteiger partial charge in [-0.1, -0.05) is 59.1 Å². The van der Waals surface area contributed by atoms with E-state index >= 15 is 0 Å². The number of halogens is 3. The second-order valence-electron chi connectivity index (χ2n) is 7.43. The van der Waals surface area contributed by atoms with Crippen LogP contribution in [0.1, 0.15) is 17.5 Å². The molecular weight excluding hydrogens is 473 g/mol. The third kappa shape index (κ3) is 5.02. The van der Waals surface area contributed by atoms with Crippen molar-refractivity contribution in [2.75, 3.05) is 18.0 Å². The van der Waals surface area contributed by atoms with E-state index in [1.54, 1.807) is 6.07 Å². The fraction of sp³-hybridized carbons (Fsp3) is 0.217. The molecule has 4 rings (SSSR count). The first-order chi connectivity index (χ1) is 14.8. The van der Waals surface area contributed by atoms with Crippen molar-refractivity contribution in [2.45, 2.75) is 24.2 Å². The van der Waals surface area contributed by atoms with Gasteiger partial charge < -0.3 is 4.90 Å². The Labute approximate surface area is 198 Å². The first-order valence-corrected chi connectivity index (χ1v) is 12.7. The molecule has 0 spiro atoms. The molecule has 0 radical (unpaired) electrons. The predicted octanol–water partition coefficient (Wildman–Crippen LogP) is 6.88. The summed E-state index contributed by atoms with van der Waals surface area (Å²) in [6.45, 7) is 1.09. The lowest BCUT2D eigenvalue weighted by Gasteiger charge is -2.27. The lowest BCUT2D eigenvalue weighted by Crippen LogP contribution is -2.28. The van der Waals surface area contributed by atoms with Crippen LogP contribution < -0.4 is 9.62 Å². The molecule has 0 aliphatic carbocycles. The Balaban J connectivity index is 1.51. The van der Waals surface area contributed by atoms with Gasteiger partial charge in [-0.25, -0.2) is 13.7 Å². The van der Waals surface area contributed by atoms with E-state index in [9.17, 15) is 4.21 Å². The molecule has 31 heavy (non-hydrogen) atoms. The van der Waals surface area contributed by atoms with Crippen LogP contribution in [0.25, 0.3) is 0 Å². The Morgan fingerprint density at radius 3 is 2.35 bits per heavy atom. The van der Waals surface area contributed by atoms with Crippen LogP contribution in [0.5, 0.6) is 0 Å². The number of hydrogen-bond donors (Lipinski definition) is 2. The largest absolute Gasteiger partial charge is 0.341 e. The van der Waals surface area contributed by atoms with Crippen LogP contribution in [0.2, 0.25) is 15.1 Å². The fourth-order valence-electron chi connectivity index (χ4n) is 3.86. The van der Waals surface area contributed by atoms with Gasteiger partial charge in [0.05, 0.1) is 9.92 Å². The summed E-state index contributed by atoms with van der Waals surface area (Å²) in [7, 11) is -3.23. The van der Waals surface area contributed by atoms with Gasteiger partial charge in [0.2, 0.25) is 0 Å². The van der Waals surface area contributed by atoms with E-state index in [0.717, 1.165) is 24.2 Å². The molecule has 2 N–H and O–H groups in total. The van der Waals surface area contributed by atoms with Gasteiger partial charge in [-0.15, -0.1) is 0 Å². The van der Waals surface area contributed by atoms with E-state index in [1.165, 1.54) is 23.3 Å². The number of fused-ring (bicyclic) bond motifs is 2. The number of para-hydroxylation sites is 1. The predicted molar refractivity (Wildman–Crippen MR) is 131 cm³/mol. The van der Waals surface area contributed by atoms with Gasteiger partial charge in [-0.3, -0.25) is 0 Å². The lowest BCUT2D eigenvalue weighted by atomic mass is 10.0. The van der Waals surface area contributed by atoms with E-state index in [-0.39, 0.29) is 9.92 Å². The van der Waals surface area contributed by atoms with E-state index in [4.69, 9.17) is 39.6 Å². The Morgan fingerprint density at radius 1 is 0.903 bits per heavy atom. The third-order valence-corrected chi connectivity index (χ3v) is 7.83. The second kappa shape index (κ2) is 9.39. The van der Waals surface area contributed by atoms with Gasteiger partial charge in [0.15, 0.2) is 0 Å². The summed E-state index contributed by atoms with van der Waals surface area (Å²) in [4.78, 5) is 2.52. The summed E-state index contributed by atoms with van der Waals surface area (Å²) in [5.74, 6) is 0. The topological polar surface area (TPSA) is 56.2 Å². The van der Waals surface area contributed by atoms with Crippen LogP contribution in [0.4, 0.5) is 11.4 Å². The Hall–Kier alpha value is -1.76. The van der Waals surface area contributed by atoms with Crippen LogP contribution >= 0.6 is 34.8 Å². The van der Waals surface area contributed by atoms with Crippen molar-refractivity contribution in [2.24, 2.45) is 0 Å². The van der Waals surface area contributed by atoms with Gasteiger partial charge in [0, 0.05) is 34.5 Å². The summed E-state index contributed by atoms with van der Waals surface area (Å²) >= 11 is 18.4. The van der Waals surface area contributed by atoms with E-state index in [2.05, 4.69) is 33.9 Å². The Kier molecular flexibility index (Phi) is 6.80. The third-order valence-electron chi connectivity index (χ3n) is 5.35. The van der Waals surface area contributed by atoms with Crippen molar-refractivity contribution in [1.82, 2.24) is 4.72 Å². The molecule has 1 aliphatic heterocycles. The molecular formula is C23H22Cl3N3OS. The summed E-state index contributed by atoms with van der Waals surface area (Å²) in [5, 5.41) is 1.37. The maximum Gasteiger partial charge on any atom is 0.136 e. The number of hydrogen-bond acceptors (Lipinski definition) is 3. The summed E-state index contributed by atoms with van der Waals surface area (Å²) in [5.41, 5.74) is 4.81. The molecule has 1 heterocycles. The number of rotatable bonds is 6. The van der Waals surface area contributed by atoms with Gasteiger partial charge in [0.25, 0.3) is 0 Å². The Morgan fingerprint density at radius 2 is 1.58 bits per heavy atom. The minimum absolute atomic E-state index is 0.227. The molecule has 0 aromatic heterocycles. The molecule has 0 bridgehead atoms. The van der Waals surface area contributed by atoms with Gasteiger partial charge in [0.1, 0.15) is 9.92 Å². The van der Waals surface area contributed by atoms with Crippen molar-refractivity contribution in [1.29, 1.82) is 4.78 Å². The minimum atomic E-state index is -3.23. The van der Waals surface area contributed by atoms with Gasteiger partial charge >= 0.3 is 0 Å². The van der Waals surface area contributed by atoms with Crippen LogP contribution in [0, 0.1) is 4.78 Å². The molecule has 4 nitrogen and oxygen atoms in total. The highest BCUT2D eigenvalue weighted by Crippen LogP contribution is 2.37. The van der Waals surface area contributed by atoms with E-state index < -0.39 is 9.92 Å². The average molecular weight is 495 g/mol. The fourth-order valence-corrected chi connectivity index (χ4v) is 5.95. The molecule has 3 aromatic rings. The maximum atomic E-state index is 12.9. The summed E-state index contributed by atoms with van der Waals surface area (Å²) < 4.78 is 24.0. The van der Waals surface area contributed by atoms with Crippen LogP contribution in [0.15, 0.2) is 65.6 Å². The first kappa shape index (κ1) is 22.4. The number of aryl methyl sites for hydroxylation is 2. The zero-order valence-corrected chi connectivity index (χ0v) is 19.8. The normalized spacial score (nSPS) is 15.0. The minimum Gasteiger partial charge on any atom is -0.341 e. The molecule has 1 unspecified atom stereocenters. The monoisotopic (exact) mass is 493 g/mol. The van der Waals surface area contributed by atoms with Crippen LogP contribution in [-0.2, 0) is 22.8 Å². The Bertz CT molecular complexity index is 1210. The number of nitrogens with zero attached hydrogens (tertiary/aromatic N) is 1. The number of nitrogens with one attached hydrogen (secondary N) is 2. The number of anilines is 2. The molecule has 0 saturated heterocycles. The maximum absolute atomic E-state index is 12.9. The molecule has 3 aromatic carbocycles. The van der Waals surface area contributed by atoms with Crippen LogP contribution in [-0.4, -0.2) is 17.3 Å². The van der Waals surface area contributed by atoms with Crippen molar-refractivity contribution >= 4 is 56.1 Å². The molecule has 0 amide bonds. The van der Waals surface area contributed by atoms with Crippen molar-refractivity contribution in [3.05, 3.63) is 86.9 Å². The first-order valence-electron chi connectivity index (χ1n) is 9.97. The van der Waals surface area contributed by atoms with Crippen molar-refractivity contribution in [3.8, 4) is 0 Å². The summed E-state index contributed by atoms with van der Waals surface area (Å²) in [6, 6.07) is 19.0. The highest BCUT2D eigenvalue weighted by Gasteiger charge is 2.21.